The van der Waals surface area contributed by atoms with Crippen molar-refractivity contribution < 1.29 is 9.59 Å². The maximum atomic E-state index is 10.9. The Morgan fingerprint density at radius 3 is 2.45 bits per heavy atom. The number of carbonyl (C=O) groups excluding carboxylic acids is 2. The molecule has 0 radical (unpaired) electrons. The summed E-state index contributed by atoms with van der Waals surface area (Å²) in [5, 5.41) is 2.50. The third-order valence-corrected chi connectivity index (χ3v) is 1.90. The van der Waals surface area contributed by atoms with E-state index in [0.29, 0.717) is 6.41 Å². The van der Waals surface area contributed by atoms with Gasteiger partial charge in [-0.2, -0.15) is 0 Å². The molecule has 0 aliphatic heterocycles. The maximum Gasteiger partial charge on any atom is 0.207 e. The molecule has 0 saturated heterocycles. The van der Waals surface area contributed by atoms with Crippen molar-refractivity contribution >= 4 is 12.2 Å². The average Bonchev–Trinajstić information content (AvgIpc) is 1.98. The highest BCUT2D eigenvalue weighted by Crippen LogP contribution is 2.07. The Morgan fingerprint density at radius 2 is 2.18 bits per heavy atom. The zero-order valence-corrected chi connectivity index (χ0v) is 7.26. The van der Waals surface area contributed by atoms with Gasteiger partial charge >= 0.3 is 0 Å². The summed E-state index contributed by atoms with van der Waals surface area (Å²) >= 11 is 0. The Balaban J connectivity index is 4.08. The lowest BCUT2D eigenvalue weighted by Gasteiger charge is -2.18. The van der Waals surface area contributed by atoms with Crippen molar-refractivity contribution in [3.8, 4) is 0 Å². The second kappa shape index (κ2) is 4.88. The van der Waals surface area contributed by atoms with Crippen molar-refractivity contribution in [1.29, 1.82) is 0 Å². The lowest BCUT2D eigenvalue weighted by atomic mass is 9.96. The van der Waals surface area contributed by atoms with Crippen LogP contribution in [-0.4, -0.2) is 18.2 Å². The molecular formula is C8H15NO2. The first-order valence-corrected chi connectivity index (χ1v) is 3.83. The second-order valence-corrected chi connectivity index (χ2v) is 2.76. The number of rotatable bonds is 5. The fourth-order valence-electron chi connectivity index (χ4n) is 0.991. The van der Waals surface area contributed by atoms with Gasteiger partial charge in [-0.15, -0.1) is 0 Å². The molecule has 0 rings (SSSR count). The van der Waals surface area contributed by atoms with Crippen LogP contribution >= 0.6 is 0 Å². The van der Waals surface area contributed by atoms with E-state index in [0.717, 1.165) is 6.42 Å². The molecule has 11 heavy (non-hydrogen) atoms. The maximum absolute atomic E-state index is 10.9. The molecule has 3 heteroatoms. The van der Waals surface area contributed by atoms with Crippen molar-refractivity contribution in [2.24, 2.45) is 5.92 Å². The standard InChI is InChI=1S/C8H15NO2/c1-4-6(2)8(7(3)11)9-5-10/h5-6,8H,4H2,1-3H3,(H,9,10)/t6-,8-/m0/s1. The number of hydrogen-bond donors (Lipinski definition) is 1. The molecule has 0 fully saturated rings. The number of ketones is 1. The van der Waals surface area contributed by atoms with Crippen molar-refractivity contribution in [2.75, 3.05) is 0 Å². The SMILES string of the molecule is CC[C@H](C)[C@H](NC=O)C(C)=O. The molecule has 0 aromatic carbocycles. The van der Waals surface area contributed by atoms with Crippen LogP contribution < -0.4 is 5.32 Å². The van der Waals surface area contributed by atoms with Crippen LogP contribution in [0.5, 0.6) is 0 Å². The van der Waals surface area contributed by atoms with E-state index >= 15 is 0 Å². The summed E-state index contributed by atoms with van der Waals surface area (Å²) in [6.07, 6.45) is 1.48. The molecule has 0 aromatic rings. The molecule has 1 amide bonds. The summed E-state index contributed by atoms with van der Waals surface area (Å²) in [4.78, 5) is 21.0. The van der Waals surface area contributed by atoms with Crippen LogP contribution in [0.3, 0.4) is 0 Å². The molecule has 1 N–H and O–H groups in total. The fraction of sp³-hybridized carbons (Fsp3) is 0.750. The van der Waals surface area contributed by atoms with Crippen LogP contribution in [0, 0.1) is 5.92 Å². The van der Waals surface area contributed by atoms with E-state index in [1.54, 1.807) is 0 Å². The van der Waals surface area contributed by atoms with E-state index in [1.807, 2.05) is 13.8 Å². The van der Waals surface area contributed by atoms with Crippen LogP contribution in [-0.2, 0) is 9.59 Å². The van der Waals surface area contributed by atoms with Gasteiger partial charge in [0.1, 0.15) is 0 Å². The number of Topliss-reactive ketones (excluding diaryl/α,β-unsaturated/α-hetero) is 1. The predicted octanol–water partition coefficient (Wildman–Crippen LogP) is 0.736. The van der Waals surface area contributed by atoms with Gasteiger partial charge in [0.25, 0.3) is 0 Å². The van der Waals surface area contributed by atoms with Gasteiger partial charge in [-0.25, -0.2) is 0 Å². The first-order chi connectivity index (χ1) is 5.13. The molecule has 0 unspecified atom stereocenters. The van der Waals surface area contributed by atoms with Gasteiger partial charge in [0.2, 0.25) is 6.41 Å². The van der Waals surface area contributed by atoms with E-state index < -0.39 is 0 Å². The number of amides is 1. The summed E-state index contributed by atoms with van der Waals surface area (Å²) in [5.41, 5.74) is 0. The summed E-state index contributed by atoms with van der Waals surface area (Å²) in [5.74, 6) is 0.240. The Labute approximate surface area is 67.2 Å². The van der Waals surface area contributed by atoms with E-state index in [4.69, 9.17) is 0 Å². The highest BCUT2D eigenvalue weighted by Gasteiger charge is 2.18. The van der Waals surface area contributed by atoms with Crippen LogP contribution in [0.25, 0.3) is 0 Å². The van der Waals surface area contributed by atoms with Crippen LogP contribution in [0.1, 0.15) is 27.2 Å². The quantitative estimate of drug-likeness (QED) is 0.598. The number of hydrogen-bond acceptors (Lipinski definition) is 2. The van der Waals surface area contributed by atoms with Crippen molar-refractivity contribution in [2.45, 2.75) is 33.2 Å². The van der Waals surface area contributed by atoms with Crippen LogP contribution in [0.15, 0.2) is 0 Å². The molecule has 0 bridgehead atoms. The fourth-order valence-corrected chi connectivity index (χ4v) is 0.991. The van der Waals surface area contributed by atoms with Gasteiger partial charge in [0.05, 0.1) is 6.04 Å². The molecule has 64 valence electrons. The van der Waals surface area contributed by atoms with Gasteiger partial charge in [0.15, 0.2) is 5.78 Å². The van der Waals surface area contributed by atoms with Crippen LogP contribution in [0.4, 0.5) is 0 Å². The van der Waals surface area contributed by atoms with Gasteiger partial charge in [-0.05, 0) is 12.8 Å². The summed E-state index contributed by atoms with van der Waals surface area (Å²) in [6, 6.07) is -0.308. The highest BCUT2D eigenvalue weighted by molar-refractivity contribution is 5.83. The number of nitrogens with one attached hydrogen (secondary N) is 1. The van der Waals surface area contributed by atoms with Gasteiger partial charge < -0.3 is 5.32 Å². The molecular weight excluding hydrogens is 142 g/mol. The van der Waals surface area contributed by atoms with Gasteiger partial charge in [-0.3, -0.25) is 9.59 Å². The van der Waals surface area contributed by atoms with Gasteiger partial charge in [0, 0.05) is 0 Å². The first-order valence-electron chi connectivity index (χ1n) is 3.83. The smallest absolute Gasteiger partial charge is 0.207 e. The monoisotopic (exact) mass is 157 g/mol. The molecule has 0 aromatic heterocycles. The van der Waals surface area contributed by atoms with E-state index in [1.165, 1.54) is 6.92 Å². The minimum absolute atomic E-state index is 0.0199. The van der Waals surface area contributed by atoms with Crippen molar-refractivity contribution in [1.82, 2.24) is 5.32 Å². The first kappa shape index (κ1) is 10.1. The predicted molar refractivity (Wildman–Crippen MR) is 43.1 cm³/mol. The second-order valence-electron chi connectivity index (χ2n) is 2.76. The van der Waals surface area contributed by atoms with Crippen LogP contribution in [0.2, 0.25) is 0 Å². The molecule has 3 nitrogen and oxygen atoms in total. The molecule has 0 aliphatic carbocycles. The average molecular weight is 157 g/mol. The zero-order chi connectivity index (χ0) is 8.85. The van der Waals surface area contributed by atoms with E-state index in [9.17, 15) is 9.59 Å². The van der Waals surface area contributed by atoms with E-state index in [2.05, 4.69) is 5.32 Å². The molecule has 0 heterocycles. The lowest BCUT2D eigenvalue weighted by molar-refractivity contribution is -0.123. The summed E-state index contributed by atoms with van der Waals surface area (Å²) in [7, 11) is 0. The third-order valence-electron chi connectivity index (χ3n) is 1.90. The van der Waals surface area contributed by atoms with Crippen molar-refractivity contribution in [3.63, 3.8) is 0 Å². The number of carbonyl (C=O) groups is 2. The minimum Gasteiger partial charge on any atom is -0.349 e. The normalized spacial score (nSPS) is 15.2. The summed E-state index contributed by atoms with van der Waals surface area (Å²) in [6.45, 7) is 5.43. The molecule has 0 spiro atoms. The molecule has 2 atom stereocenters. The zero-order valence-electron chi connectivity index (χ0n) is 7.26. The largest absolute Gasteiger partial charge is 0.349 e. The van der Waals surface area contributed by atoms with E-state index in [-0.39, 0.29) is 17.7 Å². The highest BCUT2D eigenvalue weighted by atomic mass is 16.1. The molecule has 0 saturated carbocycles. The Bertz CT molecular complexity index is 145. The minimum atomic E-state index is -0.308. The third kappa shape index (κ3) is 3.16. The van der Waals surface area contributed by atoms with Gasteiger partial charge in [-0.1, -0.05) is 20.3 Å². The lowest BCUT2D eigenvalue weighted by Crippen LogP contribution is -2.39. The molecule has 0 aliphatic rings. The Morgan fingerprint density at radius 1 is 1.64 bits per heavy atom. The Hall–Kier alpha value is -0.860. The topological polar surface area (TPSA) is 46.2 Å². The Kier molecular flexibility index (Phi) is 4.50. The van der Waals surface area contributed by atoms with Crippen molar-refractivity contribution in [3.05, 3.63) is 0 Å². The summed E-state index contributed by atoms with van der Waals surface area (Å²) < 4.78 is 0.